The highest BCUT2D eigenvalue weighted by Gasteiger charge is 2.36. The van der Waals surface area contributed by atoms with Gasteiger partial charge in [0.25, 0.3) is 0 Å². The molecule has 96 valence electrons. The van der Waals surface area contributed by atoms with Gasteiger partial charge in [-0.25, -0.2) is 0 Å². The van der Waals surface area contributed by atoms with Gasteiger partial charge in [-0.2, -0.15) is 0 Å². The summed E-state index contributed by atoms with van der Waals surface area (Å²) in [6.07, 6.45) is 6.21. The Bertz CT molecular complexity index is 207. The van der Waals surface area contributed by atoms with Gasteiger partial charge in [-0.05, 0) is 42.4 Å². The summed E-state index contributed by atoms with van der Waals surface area (Å²) in [5.74, 6) is 2.04. The lowest BCUT2D eigenvalue weighted by molar-refractivity contribution is 0.0472. The van der Waals surface area contributed by atoms with Crippen LogP contribution < -0.4 is 0 Å². The number of rotatable bonds is 4. The molecular formula is C15H30O. The van der Waals surface area contributed by atoms with Crippen LogP contribution >= 0.6 is 0 Å². The van der Waals surface area contributed by atoms with Gasteiger partial charge < -0.3 is 5.11 Å². The summed E-state index contributed by atoms with van der Waals surface area (Å²) < 4.78 is 0. The summed E-state index contributed by atoms with van der Waals surface area (Å²) in [6, 6.07) is 0. The van der Waals surface area contributed by atoms with Crippen LogP contribution in [-0.2, 0) is 0 Å². The van der Waals surface area contributed by atoms with Crippen molar-refractivity contribution in [2.24, 2.45) is 23.2 Å². The van der Waals surface area contributed by atoms with Gasteiger partial charge in [0.1, 0.15) is 0 Å². The summed E-state index contributed by atoms with van der Waals surface area (Å²) >= 11 is 0. The lowest BCUT2D eigenvalue weighted by atomic mass is 9.62. The standard InChI is InChI=1S/C15H30O/c1-11(2)14(16)9-8-13-12(3)7-6-10-15(13,4)5/h11-14,16H,6-10H2,1-5H3/t12?,13-,14?/m0/s1. The fourth-order valence-electron chi connectivity index (χ4n) is 3.40. The predicted octanol–water partition coefficient (Wildman–Crippen LogP) is 4.25. The van der Waals surface area contributed by atoms with Crippen LogP contribution in [0.1, 0.15) is 66.7 Å². The van der Waals surface area contributed by atoms with Crippen LogP contribution in [-0.4, -0.2) is 11.2 Å². The first-order valence-electron chi connectivity index (χ1n) is 7.02. The van der Waals surface area contributed by atoms with Gasteiger partial charge >= 0.3 is 0 Å². The number of aliphatic hydroxyl groups excluding tert-OH is 1. The third-order valence-corrected chi connectivity index (χ3v) is 4.71. The molecule has 2 unspecified atom stereocenters. The maximum absolute atomic E-state index is 9.91. The Labute approximate surface area is 102 Å². The van der Waals surface area contributed by atoms with Crippen LogP contribution in [0.15, 0.2) is 0 Å². The molecule has 0 aromatic heterocycles. The molecule has 0 amide bonds. The average Bonchev–Trinajstić information content (AvgIpc) is 2.15. The second-order valence-corrected chi connectivity index (χ2v) is 6.85. The first-order chi connectivity index (χ1) is 7.34. The number of aliphatic hydroxyl groups is 1. The summed E-state index contributed by atoms with van der Waals surface area (Å²) in [7, 11) is 0. The van der Waals surface area contributed by atoms with Gasteiger partial charge in [-0.1, -0.05) is 47.5 Å². The summed E-state index contributed by atoms with van der Waals surface area (Å²) in [6.45, 7) is 11.4. The minimum absolute atomic E-state index is 0.107. The van der Waals surface area contributed by atoms with E-state index in [2.05, 4.69) is 34.6 Å². The van der Waals surface area contributed by atoms with E-state index in [1.165, 1.54) is 25.7 Å². The summed E-state index contributed by atoms with van der Waals surface area (Å²) in [5, 5.41) is 9.91. The van der Waals surface area contributed by atoms with Crippen molar-refractivity contribution >= 4 is 0 Å². The summed E-state index contributed by atoms with van der Waals surface area (Å²) in [4.78, 5) is 0. The molecular weight excluding hydrogens is 196 g/mol. The van der Waals surface area contributed by atoms with Crippen molar-refractivity contribution in [2.75, 3.05) is 0 Å². The predicted molar refractivity (Wildman–Crippen MR) is 70.4 cm³/mol. The van der Waals surface area contributed by atoms with Crippen LogP contribution in [0.3, 0.4) is 0 Å². The van der Waals surface area contributed by atoms with E-state index in [0.717, 1.165) is 18.3 Å². The molecule has 0 aliphatic heterocycles. The van der Waals surface area contributed by atoms with E-state index in [-0.39, 0.29) is 6.10 Å². The van der Waals surface area contributed by atoms with Gasteiger partial charge in [0.15, 0.2) is 0 Å². The molecule has 0 aromatic carbocycles. The Morgan fingerprint density at radius 2 is 1.94 bits per heavy atom. The van der Waals surface area contributed by atoms with Crippen LogP contribution in [0.4, 0.5) is 0 Å². The van der Waals surface area contributed by atoms with Crippen molar-refractivity contribution < 1.29 is 5.11 Å². The lowest BCUT2D eigenvalue weighted by Gasteiger charge is -2.43. The number of hydrogen-bond donors (Lipinski definition) is 1. The lowest BCUT2D eigenvalue weighted by Crippen LogP contribution is -2.34. The maximum Gasteiger partial charge on any atom is 0.0563 e. The topological polar surface area (TPSA) is 20.2 Å². The molecule has 0 bridgehead atoms. The molecule has 1 saturated carbocycles. The van der Waals surface area contributed by atoms with E-state index in [4.69, 9.17) is 0 Å². The van der Waals surface area contributed by atoms with Crippen molar-refractivity contribution in [3.8, 4) is 0 Å². The van der Waals surface area contributed by atoms with E-state index in [1.807, 2.05) is 0 Å². The first kappa shape index (κ1) is 14.0. The largest absolute Gasteiger partial charge is 0.393 e. The molecule has 1 aliphatic carbocycles. The molecule has 1 aliphatic rings. The zero-order chi connectivity index (χ0) is 12.3. The smallest absolute Gasteiger partial charge is 0.0563 e. The van der Waals surface area contributed by atoms with E-state index in [1.54, 1.807) is 0 Å². The molecule has 0 spiro atoms. The van der Waals surface area contributed by atoms with Crippen LogP contribution in [0.2, 0.25) is 0 Å². The zero-order valence-corrected chi connectivity index (χ0v) is 11.8. The second kappa shape index (κ2) is 5.53. The average molecular weight is 226 g/mol. The molecule has 1 rings (SSSR count). The van der Waals surface area contributed by atoms with Gasteiger partial charge in [0.05, 0.1) is 6.10 Å². The molecule has 1 fully saturated rings. The van der Waals surface area contributed by atoms with Gasteiger partial charge in [0.2, 0.25) is 0 Å². The van der Waals surface area contributed by atoms with E-state index >= 15 is 0 Å². The fourth-order valence-corrected chi connectivity index (χ4v) is 3.40. The minimum Gasteiger partial charge on any atom is -0.393 e. The zero-order valence-electron chi connectivity index (χ0n) is 11.8. The minimum atomic E-state index is -0.107. The third kappa shape index (κ3) is 3.48. The monoisotopic (exact) mass is 226 g/mol. The Morgan fingerprint density at radius 1 is 1.31 bits per heavy atom. The quantitative estimate of drug-likeness (QED) is 0.760. The van der Waals surface area contributed by atoms with Crippen LogP contribution in [0.5, 0.6) is 0 Å². The van der Waals surface area contributed by atoms with Crippen molar-refractivity contribution in [1.82, 2.24) is 0 Å². The molecule has 1 nitrogen and oxygen atoms in total. The maximum atomic E-state index is 9.91. The highest BCUT2D eigenvalue weighted by atomic mass is 16.3. The Hall–Kier alpha value is -0.0400. The number of hydrogen-bond acceptors (Lipinski definition) is 1. The van der Waals surface area contributed by atoms with Gasteiger partial charge in [-0.15, -0.1) is 0 Å². The van der Waals surface area contributed by atoms with Crippen molar-refractivity contribution in [3.05, 3.63) is 0 Å². The first-order valence-corrected chi connectivity index (χ1v) is 7.02. The summed E-state index contributed by atoms with van der Waals surface area (Å²) in [5.41, 5.74) is 0.481. The highest BCUT2D eigenvalue weighted by Crippen LogP contribution is 2.46. The van der Waals surface area contributed by atoms with Crippen molar-refractivity contribution in [1.29, 1.82) is 0 Å². The molecule has 0 heterocycles. The Balaban J connectivity index is 2.49. The van der Waals surface area contributed by atoms with Crippen LogP contribution in [0.25, 0.3) is 0 Å². The van der Waals surface area contributed by atoms with Gasteiger partial charge in [0, 0.05) is 0 Å². The normalized spacial score (nSPS) is 31.7. The molecule has 16 heavy (non-hydrogen) atoms. The molecule has 0 radical (unpaired) electrons. The SMILES string of the molecule is CC(C)C(O)CC[C@H]1C(C)CCCC1(C)C. The molecule has 0 saturated heterocycles. The molecule has 0 aromatic rings. The van der Waals surface area contributed by atoms with E-state index in [9.17, 15) is 5.11 Å². The van der Waals surface area contributed by atoms with Crippen molar-refractivity contribution in [2.45, 2.75) is 72.8 Å². The Morgan fingerprint density at radius 3 is 2.44 bits per heavy atom. The molecule has 1 N–H and O–H groups in total. The molecule has 3 atom stereocenters. The molecule has 1 heteroatoms. The van der Waals surface area contributed by atoms with E-state index in [0.29, 0.717) is 11.3 Å². The van der Waals surface area contributed by atoms with Crippen molar-refractivity contribution in [3.63, 3.8) is 0 Å². The third-order valence-electron chi connectivity index (χ3n) is 4.71. The Kier molecular flexibility index (Phi) is 4.85. The fraction of sp³-hybridized carbons (Fsp3) is 1.00. The second-order valence-electron chi connectivity index (χ2n) is 6.85. The van der Waals surface area contributed by atoms with Gasteiger partial charge in [-0.3, -0.25) is 0 Å². The van der Waals surface area contributed by atoms with Crippen LogP contribution in [0, 0.1) is 23.2 Å². The highest BCUT2D eigenvalue weighted by molar-refractivity contribution is 4.86. The van der Waals surface area contributed by atoms with E-state index < -0.39 is 0 Å².